The topological polar surface area (TPSA) is 55.6 Å². The number of nitrogens with two attached hydrogens (primary N) is 1. The Labute approximate surface area is 103 Å². The number of methoxy groups -OCH3 is 1. The highest BCUT2D eigenvalue weighted by atomic mass is 16.5. The van der Waals surface area contributed by atoms with Crippen LogP contribution in [0.15, 0.2) is 0 Å². The lowest BCUT2D eigenvalue weighted by atomic mass is 9.79. The van der Waals surface area contributed by atoms with Crippen LogP contribution in [-0.4, -0.2) is 42.6 Å². The van der Waals surface area contributed by atoms with Crippen LogP contribution in [0.1, 0.15) is 33.1 Å². The van der Waals surface area contributed by atoms with E-state index in [2.05, 4.69) is 0 Å². The molecule has 17 heavy (non-hydrogen) atoms. The summed E-state index contributed by atoms with van der Waals surface area (Å²) >= 11 is 0. The van der Waals surface area contributed by atoms with Crippen LogP contribution in [0.3, 0.4) is 0 Å². The minimum absolute atomic E-state index is 0.114. The molecular formula is C13H24N2O2. The predicted molar refractivity (Wildman–Crippen MR) is 66.5 cm³/mol. The van der Waals surface area contributed by atoms with Gasteiger partial charge in [-0.25, -0.2) is 0 Å². The lowest BCUT2D eigenvalue weighted by molar-refractivity contribution is -0.150. The number of hydrogen-bond acceptors (Lipinski definition) is 3. The Bertz CT molecular complexity index is 304. The third kappa shape index (κ3) is 2.47. The zero-order valence-electron chi connectivity index (χ0n) is 11.1. The first-order valence-electron chi connectivity index (χ1n) is 6.54. The first-order chi connectivity index (χ1) is 7.94. The van der Waals surface area contributed by atoms with Crippen molar-refractivity contribution in [2.75, 3.05) is 20.2 Å². The van der Waals surface area contributed by atoms with Gasteiger partial charge in [-0.05, 0) is 44.9 Å². The van der Waals surface area contributed by atoms with Gasteiger partial charge in [-0.15, -0.1) is 0 Å². The fourth-order valence-corrected chi connectivity index (χ4v) is 3.10. The van der Waals surface area contributed by atoms with Crippen molar-refractivity contribution in [2.45, 2.75) is 44.8 Å². The van der Waals surface area contributed by atoms with E-state index in [0.29, 0.717) is 17.9 Å². The summed E-state index contributed by atoms with van der Waals surface area (Å²) in [5.41, 5.74) is 5.30. The molecule has 1 saturated carbocycles. The van der Waals surface area contributed by atoms with Crippen molar-refractivity contribution in [3.63, 3.8) is 0 Å². The van der Waals surface area contributed by atoms with E-state index in [1.54, 1.807) is 7.11 Å². The normalized spacial score (nSPS) is 33.6. The zero-order valence-corrected chi connectivity index (χ0v) is 11.1. The van der Waals surface area contributed by atoms with Crippen molar-refractivity contribution in [3.05, 3.63) is 0 Å². The van der Waals surface area contributed by atoms with Crippen LogP contribution in [0.2, 0.25) is 0 Å². The van der Waals surface area contributed by atoms with Gasteiger partial charge in [0.1, 0.15) is 5.60 Å². The van der Waals surface area contributed by atoms with E-state index >= 15 is 0 Å². The molecular weight excluding hydrogens is 216 g/mol. The summed E-state index contributed by atoms with van der Waals surface area (Å²) in [4.78, 5) is 14.3. The fraction of sp³-hybridized carbons (Fsp3) is 0.923. The average molecular weight is 240 g/mol. The number of hydrogen-bond donors (Lipinski definition) is 1. The number of nitrogens with zero attached hydrogens (tertiary/aromatic N) is 1. The third-order valence-electron chi connectivity index (χ3n) is 4.40. The second kappa shape index (κ2) is 4.58. The molecule has 0 aromatic carbocycles. The van der Waals surface area contributed by atoms with E-state index in [4.69, 9.17) is 10.5 Å². The molecule has 98 valence electrons. The van der Waals surface area contributed by atoms with Crippen molar-refractivity contribution in [1.82, 2.24) is 4.90 Å². The van der Waals surface area contributed by atoms with Gasteiger partial charge in [-0.3, -0.25) is 4.79 Å². The Hall–Kier alpha value is -0.610. The van der Waals surface area contributed by atoms with Crippen molar-refractivity contribution in [3.8, 4) is 0 Å². The van der Waals surface area contributed by atoms with Gasteiger partial charge in [-0.1, -0.05) is 0 Å². The van der Waals surface area contributed by atoms with E-state index in [1.165, 1.54) is 6.42 Å². The summed E-state index contributed by atoms with van der Waals surface area (Å²) in [6, 6.07) is 0.335. The molecule has 2 N–H and O–H groups in total. The molecule has 2 rings (SSSR count). The van der Waals surface area contributed by atoms with Crippen LogP contribution >= 0.6 is 0 Å². The maximum absolute atomic E-state index is 12.3. The van der Waals surface area contributed by atoms with E-state index in [1.807, 2.05) is 18.7 Å². The summed E-state index contributed by atoms with van der Waals surface area (Å²) in [5.74, 6) is 1.38. The maximum Gasteiger partial charge on any atom is 0.254 e. The molecule has 0 bridgehead atoms. The summed E-state index contributed by atoms with van der Waals surface area (Å²) in [6.45, 7) is 5.43. The second-order valence-corrected chi connectivity index (χ2v) is 6.02. The highest BCUT2D eigenvalue weighted by molar-refractivity contribution is 5.84. The summed E-state index contributed by atoms with van der Waals surface area (Å²) < 4.78 is 5.27. The lowest BCUT2D eigenvalue weighted by Crippen LogP contribution is -2.45. The highest BCUT2D eigenvalue weighted by Crippen LogP contribution is 2.36. The number of carbonyl (C=O) groups is 1. The molecule has 4 nitrogen and oxygen atoms in total. The molecule has 4 heteroatoms. The number of carbonyl (C=O) groups excluding carboxylic acids is 1. The lowest BCUT2D eigenvalue weighted by Gasteiger charge is -2.28. The van der Waals surface area contributed by atoms with E-state index in [9.17, 15) is 4.79 Å². The van der Waals surface area contributed by atoms with Crippen LogP contribution in [0.25, 0.3) is 0 Å². The molecule has 0 aromatic heterocycles. The molecule has 3 atom stereocenters. The molecule has 2 aliphatic rings. The van der Waals surface area contributed by atoms with E-state index in [0.717, 1.165) is 25.9 Å². The standard InChI is InChI=1S/C13H24N2O2/c1-13(2,17-3)12(16)15-7-9-4-5-11(14)6-10(9)8-15/h9-11H,4-8,14H2,1-3H3/t9-,10+,11?/m1/s1. The number of rotatable bonds is 2. The first-order valence-corrected chi connectivity index (χ1v) is 6.54. The molecule has 0 spiro atoms. The highest BCUT2D eigenvalue weighted by Gasteiger charge is 2.42. The van der Waals surface area contributed by atoms with Gasteiger partial charge in [0.2, 0.25) is 0 Å². The van der Waals surface area contributed by atoms with Crippen LogP contribution < -0.4 is 5.73 Å². The Morgan fingerprint density at radius 3 is 2.59 bits per heavy atom. The SMILES string of the molecule is COC(C)(C)C(=O)N1C[C@H]2CCC(N)C[C@H]2C1. The molecule has 1 saturated heterocycles. The van der Waals surface area contributed by atoms with Gasteiger partial charge in [0.15, 0.2) is 0 Å². The number of fused-ring (bicyclic) bond motifs is 1. The van der Waals surface area contributed by atoms with Crippen molar-refractivity contribution in [1.29, 1.82) is 0 Å². The first kappa shape index (κ1) is 12.8. The molecule has 2 fully saturated rings. The van der Waals surface area contributed by atoms with Crippen molar-refractivity contribution >= 4 is 5.91 Å². The minimum atomic E-state index is -0.699. The van der Waals surface area contributed by atoms with Crippen LogP contribution in [0.4, 0.5) is 0 Å². The Balaban J connectivity index is 2.00. The van der Waals surface area contributed by atoms with Gasteiger partial charge in [-0.2, -0.15) is 0 Å². The molecule has 0 aromatic rings. The minimum Gasteiger partial charge on any atom is -0.369 e. The molecule has 1 amide bonds. The van der Waals surface area contributed by atoms with Gasteiger partial charge >= 0.3 is 0 Å². The van der Waals surface area contributed by atoms with Crippen LogP contribution in [-0.2, 0) is 9.53 Å². The third-order valence-corrected chi connectivity index (χ3v) is 4.40. The van der Waals surface area contributed by atoms with Crippen LogP contribution in [0, 0.1) is 11.8 Å². The summed E-state index contributed by atoms with van der Waals surface area (Å²) in [7, 11) is 1.59. The number of ether oxygens (including phenoxy) is 1. The summed E-state index contributed by atoms with van der Waals surface area (Å²) in [6.07, 6.45) is 3.35. The Morgan fingerprint density at radius 1 is 1.29 bits per heavy atom. The Morgan fingerprint density at radius 2 is 1.94 bits per heavy atom. The Kier molecular flexibility index (Phi) is 3.46. The molecule has 1 unspecified atom stereocenters. The molecule has 1 heterocycles. The quantitative estimate of drug-likeness (QED) is 0.783. The monoisotopic (exact) mass is 240 g/mol. The second-order valence-electron chi connectivity index (χ2n) is 6.02. The molecule has 1 aliphatic carbocycles. The van der Waals surface area contributed by atoms with Gasteiger partial charge < -0.3 is 15.4 Å². The van der Waals surface area contributed by atoms with Gasteiger partial charge in [0.05, 0.1) is 0 Å². The molecule has 0 radical (unpaired) electrons. The largest absolute Gasteiger partial charge is 0.369 e. The van der Waals surface area contributed by atoms with Crippen LogP contribution in [0.5, 0.6) is 0 Å². The number of amides is 1. The average Bonchev–Trinajstić information content (AvgIpc) is 2.70. The predicted octanol–water partition coefficient (Wildman–Crippen LogP) is 0.997. The van der Waals surface area contributed by atoms with E-state index in [-0.39, 0.29) is 5.91 Å². The van der Waals surface area contributed by atoms with Gasteiger partial charge in [0.25, 0.3) is 5.91 Å². The van der Waals surface area contributed by atoms with Crippen molar-refractivity contribution in [2.24, 2.45) is 17.6 Å². The zero-order chi connectivity index (χ0) is 12.6. The number of likely N-dealkylation sites (tertiary alicyclic amines) is 1. The van der Waals surface area contributed by atoms with Gasteiger partial charge in [0, 0.05) is 26.2 Å². The maximum atomic E-state index is 12.3. The summed E-state index contributed by atoms with van der Waals surface area (Å²) in [5, 5.41) is 0. The molecule has 1 aliphatic heterocycles. The smallest absolute Gasteiger partial charge is 0.254 e. The van der Waals surface area contributed by atoms with Crippen molar-refractivity contribution < 1.29 is 9.53 Å². The van der Waals surface area contributed by atoms with E-state index < -0.39 is 5.60 Å². The fourth-order valence-electron chi connectivity index (χ4n) is 3.10.